The van der Waals surface area contributed by atoms with Gasteiger partial charge in [0, 0.05) is 12.6 Å². The van der Waals surface area contributed by atoms with Crippen molar-refractivity contribution in [2.24, 2.45) is 29.1 Å². The lowest BCUT2D eigenvalue weighted by atomic mass is 9.48. The van der Waals surface area contributed by atoms with Gasteiger partial charge in [0.2, 0.25) is 0 Å². The highest BCUT2D eigenvalue weighted by Crippen LogP contribution is 2.61. The SMILES string of the molecule is CNC(COCCCC(C)C)C12CC3CC(CC(C3)C1)C2. The molecule has 4 aliphatic carbocycles. The third-order valence-electron chi connectivity index (χ3n) is 6.53. The van der Waals surface area contributed by atoms with Crippen LogP contribution in [0.15, 0.2) is 0 Å². The van der Waals surface area contributed by atoms with Crippen LogP contribution in [0, 0.1) is 29.1 Å². The van der Waals surface area contributed by atoms with E-state index in [0.717, 1.165) is 36.9 Å². The van der Waals surface area contributed by atoms with Crippen LogP contribution in [-0.2, 0) is 4.74 Å². The average molecular weight is 293 g/mol. The molecule has 1 unspecified atom stereocenters. The van der Waals surface area contributed by atoms with Crippen LogP contribution in [0.5, 0.6) is 0 Å². The molecule has 0 aromatic rings. The Hall–Kier alpha value is -0.0800. The van der Waals surface area contributed by atoms with E-state index in [4.69, 9.17) is 4.74 Å². The van der Waals surface area contributed by atoms with E-state index in [9.17, 15) is 0 Å². The maximum atomic E-state index is 6.06. The highest BCUT2D eigenvalue weighted by molar-refractivity contribution is 5.05. The molecular formula is C19H35NO. The van der Waals surface area contributed by atoms with Gasteiger partial charge < -0.3 is 10.1 Å². The summed E-state index contributed by atoms with van der Waals surface area (Å²) in [7, 11) is 2.15. The minimum absolute atomic E-state index is 0.571. The first-order chi connectivity index (χ1) is 10.1. The van der Waals surface area contributed by atoms with Crippen LogP contribution in [0.2, 0.25) is 0 Å². The summed E-state index contributed by atoms with van der Waals surface area (Å²) in [4.78, 5) is 0. The van der Waals surface area contributed by atoms with Crippen molar-refractivity contribution in [2.45, 2.75) is 71.3 Å². The number of nitrogens with one attached hydrogen (secondary N) is 1. The Morgan fingerprint density at radius 3 is 2.10 bits per heavy atom. The Morgan fingerprint density at radius 1 is 1.05 bits per heavy atom. The van der Waals surface area contributed by atoms with E-state index >= 15 is 0 Å². The van der Waals surface area contributed by atoms with E-state index < -0.39 is 0 Å². The lowest BCUT2D eigenvalue weighted by Gasteiger charge is -2.59. The highest BCUT2D eigenvalue weighted by atomic mass is 16.5. The van der Waals surface area contributed by atoms with Crippen molar-refractivity contribution in [3.8, 4) is 0 Å². The first-order valence-corrected chi connectivity index (χ1v) is 9.36. The van der Waals surface area contributed by atoms with Crippen molar-refractivity contribution in [3.05, 3.63) is 0 Å². The topological polar surface area (TPSA) is 21.3 Å². The molecular weight excluding hydrogens is 258 g/mol. The fraction of sp³-hybridized carbons (Fsp3) is 1.00. The second kappa shape index (κ2) is 6.58. The summed E-state index contributed by atoms with van der Waals surface area (Å²) < 4.78 is 6.06. The molecule has 4 aliphatic rings. The molecule has 4 bridgehead atoms. The predicted octanol–water partition coefficient (Wildman–Crippen LogP) is 4.24. The van der Waals surface area contributed by atoms with Gasteiger partial charge >= 0.3 is 0 Å². The van der Waals surface area contributed by atoms with E-state index in [1.54, 1.807) is 0 Å². The van der Waals surface area contributed by atoms with Crippen molar-refractivity contribution in [1.82, 2.24) is 5.32 Å². The molecule has 0 aromatic carbocycles. The first kappa shape index (κ1) is 15.8. The summed E-state index contributed by atoms with van der Waals surface area (Å²) >= 11 is 0. The van der Waals surface area contributed by atoms with Gasteiger partial charge in [-0.3, -0.25) is 0 Å². The van der Waals surface area contributed by atoms with Crippen molar-refractivity contribution in [3.63, 3.8) is 0 Å². The van der Waals surface area contributed by atoms with Gasteiger partial charge in [-0.25, -0.2) is 0 Å². The Labute approximate surface area is 131 Å². The van der Waals surface area contributed by atoms with Crippen molar-refractivity contribution >= 4 is 0 Å². The van der Waals surface area contributed by atoms with Crippen LogP contribution in [0.25, 0.3) is 0 Å². The standard InChI is InChI=1S/C19H35NO/c1-14(2)5-4-6-21-13-18(20-3)19-10-15-7-16(11-19)9-17(8-15)12-19/h14-18,20H,4-13H2,1-3H3. The Morgan fingerprint density at radius 2 is 1.62 bits per heavy atom. The lowest BCUT2D eigenvalue weighted by Crippen LogP contribution is -2.56. The molecule has 0 amide bonds. The predicted molar refractivity (Wildman–Crippen MR) is 88.3 cm³/mol. The van der Waals surface area contributed by atoms with Crippen molar-refractivity contribution in [2.75, 3.05) is 20.3 Å². The minimum atomic E-state index is 0.571. The molecule has 2 heteroatoms. The second-order valence-electron chi connectivity index (χ2n) is 8.73. The molecule has 4 rings (SSSR count). The van der Waals surface area contributed by atoms with Gasteiger partial charge in [0.15, 0.2) is 0 Å². The van der Waals surface area contributed by atoms with E-state index in [1.165, 1.54) is 51.4 Å². The van der Waals surface area contributed by atoms with Crippen LogP contribution in [0.3, 0.4) is 0 Å². The van der Waals surface area contributed by atoms with Gasteiger partial charge in [0.25, 0.3) is 0 Å². The number of hydrogen-bond donors (Lipinski definition) is 1. The van der Waals surface area contributed by atoms with Gasteiger partial charge in [-0.15, -0.1) is 0 Å². The number of rotatable bonds is 8. The van der Waals surface area contributed by atoms with Crippen LogP contribution in [0.1, 0.15) is 65.2 Å². The van der Waals surface area contributed by atoms with Gasteiger partial charge in [-0.05, 0) is 87.5 Å². The maximum absolute atomic E-state index is 6.06. The van der Waals surface area contributed by atoms with E-state index in [2.05, 4.69) is 26.2 Å². The second-order valence-corrected chi connectivity index (χ2v) is 8.73. The molecule has 0 saturated heterocycles. The van der Waals surface area contributed by atoms with Crippen molar-refractivity contribution in [1.29, 1.82) is 0 Å². The van der Waals surface area contributed by atoms with Crippen LogP contribution in [0.4, 0.5) is 0 Å². The summed E-state index contributed by atoms with van der Waals surface area (Å²) in [6, 6.07) is 0.588. The molecule has 2 nitrogen and oxygen atoms in total. The van der Waals surface area contributed by atoms with E-state index in [-0.39, 0.29) is 0 Å². The van der Waals surface area contributed by atoms with Crippen LogP contribution >= 0.6 is 0 Å². The highest BCUT2D eigenvalue weighted by Gasteiger charge is 2.53. The van der Waals surface area contributed by atoms with Gasteiger partial charge in [0.05, 0.1) is 6.61 Å². The molecule has 0 aliphatic heterocycles. The molecule has 4 fully saturated rings. The van der Waals surface area contributed by atoms with Crippen LogP contribution < -0.4 is 5.32 Å². The van der Waals surface area contributed by atoms with E-state index in [1.807, 2.05) is 0 Å². The number of likely N-dealkylation sites (N-methyl/N-ethyl adjacent to an activating group) is 1. The molecule has 21 heavy (non-hydrogen) atoms. The van der Waals surface area contributed by atoms with Crippen molar-refractivity contribution < 1.29 is 4.74 Å². The normalized spacial score (nSPS) is 39.1. The third-order valence-corrected chi connectivity index (χ3v) is 6.53. The first-order valence-electron chi connectivity index (χ1n) is 9.36. The summed E-state index contributed by atoms with van der Waals surface area (Å²) in [5.74, 6) is 3.91. The summed E-state index contributed by atoms with van der Waals surface area (Å²) in [5, 5.41) is 3.63. The zero-order valence-corrected chi connectivity index (χ0v) is 14.4. The third kappa shape index (κ3) is 3.47. The lowest BCUT2D eigenvalue weighted by molar-refractivity contribution is -0.0874. The minimum Gasteiger partial charge on any atom is -0.380 e. The van der Waals surface area contributed by atoms with Crippen LogP contribution in [-0.4, -0.2) is 26.3 Å². The maximum Gasteiger partial charge on any atom is 0.0624 e. The number of hydrogen-bond acceptors (Lipinski definition) is 2. The fourth-order valence-corrected chi connectivity index (χ4v) is 5.97. The fourth-order valence-electron chi connectivity index (χ4n) is 5.97. The summed E-state index contributed by atoms with van der Waals surface area (Å²) in [6.45, 7) is 6.47. The molecule has 1 N–H and O–H groups in total. The smallest absolute Gasteiger partial charge is 0.0624 e. The Kier molecular flexibility index (Phi) is 4.95. The molecule has 1 atom stereocenters. The summed E-state index contributed by atoms with van der Waals surface area (Å²) in [5.41, 5.74) is 0.571. The monoisotopic (exact) mass is 293 g/mol. The Balaban J connectivity index is 1.51. The molecule has 0 spiro atoms. The van der Waals surface area contributed by atoms with Gasteiger partial charge in [-0.2, -0.15) is 0 Å². The zero-order valence-electron chi connectivity index (χ0n) is 14.4. The number of ether oxygens (including phenoxy) is 1. The van der Waals surface area contributed by atoms with E-state index in [0.29, 0.717) is 11.5 Å². The molecule has 0 aromatic heterocycles. The largest absolute Gasteiger partial charge is 0.380 e. The van der Waals surface area contributed by atoms with Gasteiger partial charge in [0.1, 0.15) is 0 Å². The quantitative estimate of drug-likeness (QED) is 0.676. The molecule has 4 saturated carbocycles. The Bertz CT molecular complexity index is 303. The molecule has 0 heterocycles. The summed E-state index contributed by atoms with van der Waals surface area (Å²) in [6.07, 6.45) is 11.5. The van der Waals surface area contributed by atoms with Gasteiger partial charge in [-0.1, -0.05) is 13.8 Å². The molecule has 122 valence electrons. The average Bonchev–Trinajstić information content (AvgIpc) is 2.40. The zero-order chi connectivity index (χ0) is 14.9. The molecule has 0 radical (unpaired) electrons.